The fraction of sp³-hybridized carbons (Fsp3) is 0.125. The Labute approximate surface area is 121 Å². The predicted molar refractivity (Wildman–Crippen MR) is 84.9 cm³/mol. The van der Waals surface area contributed by atoms with Crippen molar-refractivity contribution in [1.29, 1.82) is 0 Å². The van der Waals surface area contributed by atoms with Crippen molar-refractivity contribution in [3.05, 3.63) is 60.6 Å². The fourth-order valence-corrected chi connectivity index (χ4v) is 3.30. The van der Waals surface area contributed by atoms with Crippen LogP contribution in [0.4, 0.5) is 0 Å². The molecular formula is C16H15N3S. The molecule has 100 valence electrons. The van der Waals surface area contributed by atoms with Gasteiger partial charge in [0.1, 0.15) is 6.33 Å². The fourth-order valence-electron chi connectivity index (χ4n) is 2.19. The average Bonchev–Trinajstić information content (AvgIpc) is 2.99. The molecule has 4 heteroatoms. The lowest BCUT2D eigenvalue weighted by Gasteiger charge is -2.04. The summed E-state index contributed by atoms with van der Waals surface area (Å²) in [6.07, 6.45) is 5.39. The lowest BCUT2D eigenvalue weighted by Crippen LogP contribution is -1.92. The number of allylic oxidation sites excluding steroid dienone is 3. The number of hydrogen-bond acceptors (Lipinski definition) is 3. The first-order chi connectivity index (χ1) is 9.70. The summed E-state index contributed by atoms with van der Waals surface area (Å²) < 4.78 is 1.90. The SMILES string of the molecule is C=C/C=C(\C)c1c(-c2ccc(C)cc2)sc2ncnn12. The number of nitrogens with zero attached hydrogens (tertiary/aromatic N) is 3. The van der Waals surface area contributed by atoms with Gasteiger partial charge in [0, 0.05) is 0 Å². The smallest absolute Gasteiger partial charge is 0.206 e. The third kappa shape index (κ3) is 2.08. The van der Waals surface area contributed by atoms with Crippen molar-refractivity contribution < 1.29 is 0 Å². The van der Waals surface area contributed by atoms with Crippen LogP contribution in [0.5, 0.6) is 0 Å². The van der Waals surface area contributed by atoms with E-state index < -0.39 is 0 Å². The van der Waals surface area contributed by atoms with Gasteiger partial charge < -0.3 is 0 Å². The second-order valence-corrected chi connectivity index (χ2v) is 5.66. The molecule has 0 N–H and O–H groups in total. The molecule has 0 spiro atoms. The minimum Gasteiger partial charge on any atom is -0.206 e. The lowest BCUT2D eigenvalue weighted by atomic mass is 10.1. The zero-order valence-electron chi connectivity index (χ0n) is 11.5. The highest BCUT2D eigenvalue weighted by atomic mass is 32.1. The average molecular weight is 281 g/mol. The van der Waals surface area contributed by atoms with Gasteiger partial charge >= 0.3 is 0 Å². The molecule has 3 rings (SSSR count). The third-order valence-electron chi connectivity index (χ3n) is 3.19. The number of benzene rings is 1. The largest absolute Gasteiger partial charge is 0.213 e. The Kier molecular flexibility index (Phi) is 3.24. The molecule has 0 radical (unpaired) electrons. The Morgan fingerprint density at radius 2 is 2.05 bits per heavy atom. The van der Waals surface area contributed by atoms with Crippen LogP contribution in [0.2, 0.25) is 0 Å². The van der Waals surface area contributed by atoms with Crippen LogP contribution >= 0.6 is 11.3 Å². The van der Waals surface area contributed by atoms with E-state index in [-0.39, 0.29) is 0 Å². The molecule has 0 saturated carbocycles. The van der Waals surface area contributed by atoms with E-state index in [0.29, 0.717) is 0 Å². The maximum Gasteiger partial charge on any atom is 0.213 e. The summed E-state index contributed by atoms with van der Waals surface area (Å²) in [5.41, 5.74) is 4.67. The summed E-state index contributed by atoms with van der Waals surface area (Å²) in [7, 11) is 0. The topological polar surface area (TPSA) is 30.2 Å². The number of aryl methyl sites for hydroxylation is 1. The summed E-state index contributed by atoms with van der Waals surface area (Å²) in [6, 6.07) is 8.54. The van der Waals surface area contributed by atoms with Crippen molar-refractivity contribution in [3.63, 3.8) is 0 Å². The number of aromatic nitrogens is 3. The minimum absolute atomic E-state index is 0.910. The molecule has 2 aromatic heterocycles. The van der Waals surface area contributed by atoms with E-state index in [1.807, 2.05) is 10.6 Å². The summed E-state index contributed by atoms with van der Waals surface area (Å²) in [6.45, 7) is 7.94. The van der Waals surface area contributed by atoms with Crippen molar-refractivity contribution in [2.45, 2.75) is 13.8 Å². The predicted octanol–water partition coefficient (Wildman–Crippen LogP) is 4.36. The monoisotopic (exact) mass is 281 g/mol. The highest BCUT2D eigenvalue weighted by Crippen LogP contribution is 2.36. The first-order valence-electron chi connectivity index (χ1n) is 6.40. The van der Waals surface area contributed by atoms with E-state index in [1.54, 1.807) is 23.7 Å². The zero-order valence-corrected chi connectivity index (χ0v) is 12.3. The van der Waals surface area contributed by atoms with Crippen LogP contribution in [0.1, 0.15) is 18.2 Å². The first kappa shape index (κ1) is 12.8. The van der Waals surface area contributed by atoms with E-state index in [2.05, 4.69) is 54.8 Å². The molecule has 0 aliphatic heterocycles. The molecule has 0 aliphatic rings. The normalized spacial score (nSPS) is 12.0. The molecule has 1 aromatic carbocycles. The highest BCUT2D eigenvalue weighted by molar-refractivity contribution is 7.20. The van der Waals surface area contributed by atoms with E-state index in [9.17, 15) is 0 Å². The quantitative estimate of drug-likeness (QED) is 0.668. The van der Waals surface area contributed by atoms with Gasteiger partial charge in [-0.05, 0) is 25.0 Å². The van der Waals surface area contributed by atoms with Gasteiger partial charge in [0.25, 0.3) is 0 Å². The first-order valence-corrected chi connectivity index (χ1v) is 7.21. The number of hydrogen-bond donors (Lipinski definition) is 0. The lowest BCUT2D eigenvalue weighted by molar-refractivity contribution is 0.958. The van der Waals surface area contributed by atoms with Crippen LogP contribution in [0.3, 0.4) is 0 Å². The molecule has 2 heterocycles. The Hall–Kier alpha value is -2.20. The van der Waals surface area contributed by atoms with Gasteiger partial charge in [0.05, 0.1) is 10.6 Å². The van der Waals surface area contributed by atoms with E-state index in [1.165, 1.54) is 16.0 Å². The molecular weight excluding hydrogens is 266 g/mol. The van der Waals surface area contributed by atoms with Gasteiger partial charge in [-0.25, -0.2) is 9.50 Å². The maximum absolute atomic E-state index is 4.33. The van der Waals surface area contributed by atoms with E-state index in [0.717, 1.165) is 16.2 Å². The van der Waals surface area contributed by atoms with Crippen molar-refractivity contribution in [2.24, 2.45) is 0 Å². The number of thiazole rings is 1. The zero-order chi connectivity index (χ0) is 14.1. The Morgan fingerprint density at radius 3 is 2.75 bits per heavy atom. The number of rotatable bonds is 3. The van der Waals surface area contributed by atoms with Gasteiger partial charge in [-0.2, -0.15) is 5.10 Å². The molecule has 0 fully saturated rings. The molecule has 3 aromatic rings. The van der Waals surface area contributed by atoms with Crippen LogP contribution in [0, 0.1) is 6.92 Å². The van der Waals surface area contributed by atoms with Gasteiger partial charge in [-0.15, -0.1) is 0 Å². The number of fused-ring (bicyclic) bond motifs is 1. The molecule has 0 atom stereocenters. The molecule has 0 bridgehead atoms. The Balaban J connectivity index is 2.27. The summed E-state index contributed by atoms with van der Waals surface area (Å²) in [5, 5.41) is 4.33. The highest BCUT2D eigenvalue weighted by Gasteiger charge is 2.16. The van der Waals surface area contributed by atoms with Crippen molar-refractivity contribution in [3.8, 4) is 10.4 Å². The Morgan fingerprint density at radius 1 is 1.30 bits per heavy atom. The van der Waals surface area contributed by atoms with Crippen LogP contribution in [0.15, 0.2) is 49.3 Å². The summed E-state index contributed by atoms with van der Waals surface area (Å²) in [4.78, 5) is 6.40. The minimum atomic E-state index is 0.910. The van der Waals surface area contributed by atoms with Crippen molar-refractivity contribution in [1.82, 2.24) is 14.6 Å². The van der Waals surface area contributed by atoms with E-state index in [4.69, 9.17) is 0 Å². The van der Waals surface area contributed by atoms with Crippen LogP contribution in [-0.2, 0) is 0 Å². The standard InChI is InChI=1S/C16H15N3S/c1-4-5-12(3)14-15(13-8-6-11(2)7-9-13)20-16-17-10-18-19(14)16/h4-10H,1H2,2-3H3/b12-5+. The molecule has 0 unspecified atom stereocenters. The van der Waals surface area contributed by atoms with Gasteiger partial charge in [0.15, 0.2) is 0 Å². The van der Waals surface area contributed by atoms with Crippen molar-refractivity contribution >= 4 is 21.9 Å². The van der Waals surface area contributed by atoms with Gasteiger partial charge in [-0.1, -0.05) is 59.9 Å². The third-order valence-corrected chi connectivity index (χ3v) is 4.29. The molecule has 20 heavy (non-hydrogen) atoms. The van der Waals surface area contributed by atoms with E-state index >= 15 is 0 Å². The second-order valence-electron chi connectivity index (χ2n) is 4.69. The van der Waals surface area contributed by atoms with Crippen LogP contribution < -0.4 is 0 Å². The van der Waals surface area contributed by atoms with Crippen LogP contribution in [-0.4, -0.2) is 14.6 Å². The van der Waals surface area contributed by atoms with Crippen LogP contribution in [0.25, 0.3) is 21.0 Å². The van der Waals surface area contributed by atoms with Crippen molar-refractivity contribution in [2.75, 3.05) is 0 Å². The molecule has 3 nitrogen and oxygen atoms in total. The molecule has 0 saturated heterocycles. The summed E-state index contributed by atoms with van der Waals surface area (Å²) in [5.74, 6) is 0. The van der Waals surface area contributed by atoms with Gasteiger partial charge in [-0.3, -0.25) is 0 Å². The van der Waals surface area contributed by atoms with Gasteiger partial charge in [0.2, 0.25) is 4.96 Å². The molecule has 0 amide bonds. The maximum atomic E-state index is 4.33. The summed E-state index contributed by atoms with van der Waals surface area (Å²) >= 11 is 1.66. The second kappa shape index (κ2) is 5.06. The molecule has 0 aliphatic carbocycles. The Bertz CT molecular complexity index is 791.